The average Bonchev–Trinajstić information content (AvgIpc) is 2.77. The molecule has 2 rings (SSSR count). The summed E-state index contributed by atoms with van der Waals surface area (Å²) in [7, 11) is 1.64. The fourth-order valence-electron chi connectivity index (χ4n) is 2.89. The maximum atomic E-state index is 9.75. The van der Waals surface area contributed by atoms with E-state index in [1.54, 1.807) is 7.11 Å². The van der Waals surface area contributed by atoms with E-state index in [-0.39, 0.29) is 12.5 Å². The first-order valence-corrected chi connectivity index (χ1v) is 10.2. The monoisotopic (exact) mass is 399 g/mol. The van der Waals surface area contributed by atoms with Crippen LogP contribution in [0.1, 0.15) is 37.3 Å². The number of ether oxygens (including phenoxy) is 2. The molecular formula is C23H33N3O3. The Bertz CT molecular complexity index is 750. The van der Waals surface area contributed by atoms with Crippen LogP contribution in [0.3, 0.4) is 0 Å². The topological polar surface area (TPSA) is 75.1 Å². The van der Waals surface area contributed by atoms with E-state index < -0.39 is 0 Å². The largest absolute Gasteiger partial charge is 0.493 e. The van der Waals surface area contributed by atoms with Gasteiger partial charge < -0.3 is 25.2 Å². The summed E-state index contributed by atoms with van der Waals surface area (Å²) in [5.74, 6) is 2.19. The van der Waals surface area contributed by atoms with Crippen molar-refractivity contribution in [1.29, 1.82) is 0 Å². The van der Waals surface area contributed by atoms with E-state index in [1.807, 2.05) is 55.5 Å². The summed E-state index contributed by atoms with van der Waals surface area (Å²) in [4.78, 5) is 4.67. The smallest absolute Gasteiger partial charge is 0.191 e. The number of aliphatic hydroxyl groups is 1. The van der Waals surface area contributed by atoms with Gasteiger partial charge >= 0.3 is 0 Å². The van der Waals surface area contributed by atoms with Gasteiger partial charge in [0, 0.05) is 19.0 Å². The van der Waals surface area contributed by atoms with E-state index in [2.05, 4.69) is 22.5 Å². The lowest BCUT2D eigenvalue weighted by Crippen LogP contribution is -2.39. The lowest BCUT2D eigenvalue weighted by Gasteiger charge is -2.18. The van der Waals surface area contributed by atoms with Crippen LogP contribution in [0.15, 0.2) is 53.5 Å². The first-order valence-electron chi connectivity index (χ1n) is 10.2. The molecule has 0 saturated heterocycles. The maximum Gasteiger partial charge on any atom is 0.191 e. The summed E-state index contributed by atoms with van der Waals surface area (Å²) in [5.41, 5.74) is 2.13. The number of nitrogens with zero attached hydrogens (tertiary/aromatic N) is 1. The second-order valence-corrected chi connectivity index (χ2v) is 6.70. The third kappa shape index (κ3) is 7.31. The molecule has 0 bridgehead atoms. The molecule has 0 radical (unpaired) electrons. The zero-order valence-electron chi connectivity index (χ0n) is 17.6. The predicted octanol–water partition coefficient (Wildman–Crippen LogP) is 3.32. The van der Waals surface area contributed by atoms with Crippen LogP contribution in [0.25, 0.3) is 0 Å². The third-order valence-corrected chi connectivity index (χ3v) is 4.46. The standard InChI is InChI=1S/C23H33N3O3/c1-4-13-29-21-12-11-18(14-22(21)28-3)15-25-23(24-5-2)26-16-20(17-27)19-9-7-6-8-10-19/h6-12,14,20,27H,4-5,13,15-17H2,1-3H3,(H2,24,25,26). The highest BCUT2D eigenvalue weighted by molar-refractivity contribution is 5.79. The number of guanidine groups is 1. The van der Waals surface area contributed by atoms with Crippen molar-refractivity contribution in [1.82, 2.24) is 10.6 Å². The van der Waals surface area contributed by atoms with Gasteiger partial charge in [-0.05, 0) is 36.6 Å². The minimum atomic E-state index is 0.00940. The van der Waals surface area contributed by atoms with Gasteiger partial charge in [0.1, 0.15) is 0 Å². The van der Waals surface area contributed by atoms with E-state index in [4.69, 9.17) is 9.47 Å². The Hall–Kier alpha value is -2.73. The van der Waals surface area contributed by atoms with Gasteiger partial charge in [0.05, 0.1) is 26.9 Å². The highest BCUT2D eigenvalue weighted by atomic mass is 16.5. The molecule has 0 fully saturated rings. The van der Waals surface area contributed by atoms with Crippen LogP contribution in [0.4, 0.5) is 0 Å². The highest BCUT2D eigenvalue weighted by Crippen LogP contribution is 2.28. The summed E-state index contributed by atoms with van der Waals surface area (Å²) in [6, 6.07) is 15.9. The molecule has 1 atom stereocenters. The molecule has 1 unspecified atom stereocenters. The van der Waals surface area contributed by atoms with Crippen LogP contribution in [-0.4, -0.2) is 44.5 Å². The van der Waals surface area contributed by atoms with Gasteiger partial charge in [-0.25, -0.2) is 4.99 Å². The van der Waals surface area contributed by atoms with Gasteiger partial charge in [0.2, 0.25) is 0 Å². The first-order chi connectivity index (χ1) is 14.2. The lowest BCUT2D eigenvalue weighted by molar-refractivity contribution is 0.265. The molecule has 6 heteroatoms. The van der Waals surface area contributed by atoms with Crippen molar-refractivity contribution >= 4 is 5.96 Å². The van der Waals surface area contributed by atoms with E-state index in [0.29, 0.717) is 31.4 Å². The van der Waals surface area contributed by atoms with Gasteiger partial charge in [-0.2, -0.15) is 0 Å². The molecule has 29 heavy (non-hydrogen) atoms. The normalized spacial score (nSPS) is 12.3. The number of benzene rings is 2. The molecule has 0 spiro atoms. The van der Waals surface area contributed by atoms with Crippen molar-refractivity contribution < 1.29 is 14.6 Å². The fourth-order valence-corrected chi connectivity index (χ4v) is 2.89. The number of aliphatic hydroxyl groups excluding tert-OH is 1. The Morgan fingerprint density at radius 2 is 1.86 bits per heavy atom. The maximum absolute atomic E-state index is 9.75. The molecule has 0 aliphatic heterocycles. The SMILES string of the molecule is CCCOc1ccc(CN=C(NCC)NCC(CO)c2ccccc2)cc1OC. The summed E-state index contributed by atoms with van der Waals surface area (Å²) in [6.07, 6.45) is 0.949. The van der Waals surface area contributed by atoms with Crippen molar-refractivity contribution in [2.45, 2.75) is 32.7 Å². The van der Waals surface area contributed by atoms with Gasteiger partial charge in [-0.1, -0.05) is 43.3 Å². The van der Waals surface area contributed by atoms with Crippen molar-refractivity contribution in [2.75, 3.05) is 33.4 Å². The molecular weight excluding hydrogens is 366 g/mol. The predicted molar refractivity (Wildman–Crippen MR) is 118 cm³/mol. The molecule has 158 valence electrons. The summed E-state index contributed by atoms with van der Waals surface area (Å²) < 4.78 is 11.2. The zero-order chi connectivity index (χ0) is 20.9. The van der Waals surface area contributed by atoms with Gasteiger partial charge in [0.15, 0.2) is 17.5 Å². The highest BCUT2D eigenvalue weighted by Gasteiger charge is 2.11. The van der Waals surface area contributed by atoms with Gasteiger partial charge in [0.25, 0.3) is 0 Å². The second kappa shape index (κ2) is 12.7. The molecule has 6 nitrogen and oxygen atoms in total. The molecule has 2 aromatic carbocycles. The molecule has 3 N–H and O–H groups in total. The van der Waals surface area contributed by atoms with E-state index >= 15 is 0 Å². The van der Waals surface area contributed by atoms with E-state index in [1.165, 1.54) is 0 Å². The summed E-state index contributed by atoms with van der Waals surface area (Å²) in [6.45, 7) is 6.70. The third-order valence-electron chi connectivity index (χ3n) is 4.46. The van der Waals surface area contributed by atoms with Crippen LogP contribution < -0.4 is 20.1 Å². The van der Waals surface area contributed by atoms with E-state index in [0.717, 1.165) is 29.8 Å². The van der Waals surface area contributed by atoms with Crippen LogP contribution >= 0.6 is 0 Å². The molecule has 0 amide bonds. The summed E-state index contributed by atoms with van der Waals surface area (Å²) in [5, 5.41) is 16.3. The Labute approximate surface area is 174 Å². The molecule has 0 aliphatic rings. The lowest BCUT2D eigenvalue weighted by atomic mass is 10.0. The number of hydrogen-bond acceptors (Lipinski definition) is 4. The number of aliphatic imine (C=N–C) groups is 1. The number of methoxy groups -OCH3 is 1. The van der Waals surface area contributed by atoms with Gasteiger partial charge in [-0.3, -0.25) is 0 Å². The second-order valence-electron chi connectivity index (χ2n) is 6.70. The molecule has 0 heterocycles. The van der Waals surface area contributed by atoms with Crippen molar-refractivity contribution in [3.63, 3.8) is 0 Å². The first kappa shape index (κ1) is 22.6. The van der Waals surface area contributed by atoms with Crippen LogP contribution in [0, 0.1) is 0 Å². The van der Waals surface area contributed by atoms with Crippen LogP contribution in [0.2, 0.25) is 0 Å². The molecule has 0 aliphatic carbocycles. The number of rotatable bonds is 11. The molecule has 0 aromatic heterocycles. The molecule has 2 aromatic rings. The fraction of sp³-hybridized carbons (Fsp3) is 0.435. The minimum Gasteiger partial charge on any atom is -0.493 e. The summed E-state index contributed by atoms with van der Waals surface area (Å²) >= 11 is 0. The zero-order valence-corrected chi connectivity index (χ0v) is 17.6. The average molecular weight is 400 g/mol. The van der Waals surface area contributed by atoms with Crippen molar-refractivity contribution in [2.24, 2.45) is 4.99 Å². The number of nitrogens with one attached hydrogen (secondary N) is 2. The van der Waals surface area contributed by atoms with Crippen molar-refractivity contribution in [3.05, 3.63) is 59.7 Å². The Morgan fingerprint density at radius 3 is 2.52 bits per heavy atom. The number of hydrogen-bond donors (Lipinski definition) is 3. The minimum absolute atomic E-state index is 0.00940. The van der Waals surface area contributed by atoms with Gasteiger partial charge in [-0.15, -0.1) is 0 Å². The Morgan fingerprint density at radius 1 is 1.07 bits per heavy atom. The van der Waals surface area contributed by atoms with Crippen LogP contribution in [-0.2, 0) is 6.54 Å². The molecule has 0 saturated carbocycles. The van der Waals surface area contributed by atoms with Crippen LogP contribution in [0.5, 0.6) is 11.5 Å². The quantitative estimate of drug-likeness (QED) is 0.399. The Kier molecular flexibility index (Phi) is 9.86. The van der Waals surface area contributed by atoms with E-state index in [9.17, 15) is 5.11 Å². The van der Waals surface area contributed by atoms with Crippen molar-refractivity contribution in [3.8, 4) is 11.5 Å². The Balaban J connectivity index is 2.02.